The van der Waals surface area contributed by atoms with E-state index in [1.54, 1.807) is 6.07 Å². The van der Waals surface area contributed by atoms with Crippen molar-refractivity contribution in [3.05, 3.63) is 65.2 Å². The lowest BCUT2D eigenvalue weighted by atomic mass is 10.1. The fraction of sp³-hybridized carbons (Fsp3) is 0.263. The number of aryl methyl sites for hydroxylation is 2. The van der Waals surface area contributed by atoms with Crippen molar-refractivity contribution in [2.75, 3.05) is 5.32 Å². The van der Waals surface area contributed by atoms with Crippen LogP contribution in [-0.4, -0.2) is 11.0 Å². The van der Waals surface area contributed by atoms with Crippen molar-refractivity contribution < 1.29 is 4.79 Å². The highest BCUT2D eigenvalue weighted by Crippen LogP contribution is 2.12. The van der Waals surface area contributed by atoms with E-state index in [1.807, 2.05) is 37.3 Å². The summed E-state index contributed by atoms with van der Waals surface area (Å²) in [6, 6.07) is 15.6. The van der Waals surface area contributed by atoms with Crippen LogP contribution in [0.4, 0.5) is 5.69 Å². The molecular weight excluding hydrogens is 304 g/mol. The predicted molar refractivity (Wildman–Crippen MR) is 99.9 cm³/mol. The molecule has 1 amide bonds. The molecule has 23 heavy (non-hydrogen) atoms. The number of anilines is 1. The number of benzene rings is 2. The van der Waals surface area contributed by atoms with Gasteiger partial charge < -0.3 is 5.32 Å². The van der Waals surface area contributed by atoms with E-state index < -0.39 is 0 Å². The van der Waals surface area contributed by atoms with Crippen LogP contribution >= 0.6 is 12.2 Å². The van der Waals surface area contributed by atoms with Gasteiger partial charge in [-0.25, -0.2) is 0 Å². The molecule has 0 atom stereocenters. The van der Waals surface area contributed by atoms with Crippen molar-refractivity contribution in [3.63, 3.8) is 0 Å². The van der Waals surface area contributed by atoms with Crippen LogP contribution < -0.4 is 10.6 Å². The third-order valence-corrected chi connectivity index (χ3v) is 3.74. The average molecular weight is 326 g/mol. The summed E-state index contributed by atoms with van der Waals surface area (Å²) in [6.45, 7) is 4.14. The molecule has 3 nitrogen and oxygen atoms in total. The van der Waals surface area contributed by atoms with Gasteiger partial charge in [0.25, 0.3) is 5.91 Å². The Hall–Kier alpha value is -2.20. The summed E-state index contributed by atoms with van der Waals surface area (Å²) in [5.74, 6) is -0.203. The van der Waals surface area contributed by atoms with Gasteiger partial charge in [0.15, 0.2) is 5.11 Å². The van der Waals surface area contributed by atoms with Gasteiger partial charge in [0, 0.05) is 11.3 Å². The fourth-order valence-electron chi connectivity index (χ4n) is 2.26. The van der Waals surface area contributed by atoms with E-state index in [0.29, 0.717) is 10.7 Å². The summed E-state index contributed by atoms with van der Waals surface area (Å²) >= 11 is 5.20. The number of nitrogens with one attached hydrogen (secondary N) is 2. The second-order valence-corrected chi connectivity index (χ2v) is 5.99. The van der Waals surface area contributed by atoms with E-state index in [-0.39, 0.29) is 5.91 Å². The minimum Gasteiger partial charge on any atom is -0.332 e. The Morgan fingerprint density at radius 3 is 2.52 bits per heavy atom. The van der Waals surface area contributed by atoms with Crippen LogP contribution in [0.5, 0.6) is 0 Å². The summed E-state index contributed by atoms with van der Waals surface area (Å²) in [7, 11) is 0. The maximum atomic E-state index is 12.1. The van der Waals surface area contributed by atoms with E-state index in [1.165, 1.54) is 18.4 Å². The van der Waals surface area contributed by atoms with Crippen LogP contribution in [0, 0.1) is 6.92 Å². The number of carbonyl (C=O) groups is 1. The molecule has 2 aromatic carbocycles. The van der Waals surface area contributed by atoms with Crippen molar-refractivity contribution >= 4 is 28.9 Å². The number of amides is 1. The fourth-order valence-corrected chi connectivity index (χ4v) is 2.47. The molecule has 0 aromatic heterocycles. The third-order valence-electron chi connectivity index (χ3n) is 3.54. The van der Waals surface area contributed by atoms with Gasteiger partial charge in [-0.05, 0) is 61.8 Å². The van der Waals surface area contributed by atoms with Gasteiger partial charge in [-0.2, -0.15) is 0 Å². The predicted octanol–water partition coefficient (Wildman–Crippen LogP) is 4.46. The molecule has 4 heteroatoms. The van der Waals surface area contributed by atoms with Crippen LogP contribution in [0.1, 0.15) is 41.3 Å². The van der Waals surface area contributed by atoms with Gasteiger partial charge in [0.1, 0.15) is 0 Å². The summed E-state index contributed by atoms with van der Waals surface area (Å²) in [5, 5.41) is 6.05. The molecule has 0 bridgehead atoms. The molecule has 2 rings (SSSR count). The van der Waals surface area contributed by atoms with Crippen LogP contribution in [0.15, 0.2) is 48.5 Å². The first kappa shape index (κ1) is 17.2. The molecule has 0 radical (unpaired) electrons. The number of thiocarbonyl (C=S) groups is 1. The number of unbranched alkanes of at least 4 members (excludes halogenated alkanes) is 1. The molecule has 0 unspecified atom stereocenters. The van der Waals surface area contributed by atoms with E-state index in [9.17, 15) is 4.79 Å². The standard InChI is InChI=1S/C19H22N2OS/c1-3-4-7-15-9-11-17(12-10-15)20-19(23)21-18(22)16-8-5-6-14(2)13-16/h5-6,8-13H,3-4,7H2,1-2H3,(H2,20,21,22,23). The van der Waals surface area contributed by atoms with Gasteiger partial charge in [0.05, 0.1) is 0 Å². The second-order valence-electron chi connectivity index (χ2n) is 5.58. The lowest BCUT2D eigenvalue weighted by Crippen LogP contribution is -2.34. The highest BCUT2D eigenvalue weighted by molar-refractivity contribution is 7.80. The van der Waals surface area contributed by atoms with Crippen molar-refractivity contribution in [3.8, 4) is 0 Å². The van der Waals surface area contributed by atoms with Crippen molar-refractivity contribution in [2.45, 2.75) is 33.1 Å². The lowest BCUT2D eigenvalue weighted by Gasteiger charge is -2.10. The van der Waals surface area contributed by atoms with Crippen LogP contribution in [0.3, 0.4) is 0 Å². The highest BCUT2D eigenvalue weighted by atomic mass is 32.1. The van der Waals surface area contributed by atoms with Gasteiger partial charge in [0.2, 0.25) is 0 Å². The number of hydrogen-bond acceptors (Lipinski definition) is 2. The Bertz CT molecular complexity index is 680. The first-order chi connectivity index (χ1) is 11.1. The molecule has 2 aromatic rings. The van der Waals surface area contributed by atoms with E-state index >= 15 is 0 Å². The maximum absolute atomic E-state index is 12.1. The Balaban J connectivity index is 1.90. The molecular formula is C19H22N2OS. The zero-order chi connectivity index (χ0) is 16.7. The normalized spacial score (nSPS) is 10.2. The molecule has 0 saturated heterocycles. The number of carbonyl (C=O) groups excluding carboxylic acids is 1. The summed E-state index contributed by atoms with van der Waals surface area (Å²) in [6.07, 6.45) is 3.47. The van der Waals surface area contributed by atoms with E-state index in [4.69, 9.17) is 12.2 Å². The van der Waals surface area contributed by atoms with Crippen LogP contribution in [0.25, 0.3) is 0 Å². The molecule has 0 heterocycles. The Kier molecular flexibility index (Phi) is 6.29. The van der Waals surface area contributed by atoms with Crippen LogP contribution in [0.2, 0.25) is 0 Å². The van der Waals surface area contributed by atoms with Gasteiger partial charge in [-0.3, -0.25) is 10.1 Å². The molecule has 0 spiro atoms. The lowest BCUT2D eigenvalue weighted by molar-refractivity contribution is 0.0977. The smallest absolute Gasteiger partial charge is 0.257 e. The number of rotatable bonds is 5. The van der Waals surface area contributed by atoms with E-state index in [0.717, 1.165) is 17.7 Å². The SMILES string of the molecule is CCCCc1ccc(NC(=S)NC(=O)c2cccc(C)c2)cc1. The number of hydrogen-bond donors (Lipinski definition) is 2. The summed E-state index contributed by atoms with van der Waals surface area (Å²) < 4.78 is 0. The quantitative estimate of drug-likeness (QED) is 0.797. The van der Waals surface area contributed by atoms with Crippen molar-refractivity contribution in [1.82, 2.24) is 5.32 Å². The molecule has 2 N–H and O–H groups in total. The monoisotopic (exact) mass is 326 g/mol. The first-order valence-electron chi connectivity index (χ1n) is 7.86. The topological polar surface area (TPSA) is 41.1 Å². The Morgan fingerprint density at radius 2 is 1.87 bits per heavy atom. The van der Waals surface area contributed by atoms with Gasteiger partial charge >= 0.3 is 0 Å². The van der Waals surface area contributed by atoms with Crippen molar-refractivity contribution in [2.24, 2.45) is 0 Å². The van der Waals surface area contributed by atoms with Gasteiger partial charge in [-0.15, -0.1) is 0 Å². The molecule has 0 aliphatic rings. The van der Waals surface area contributed by atoms with Crippen molar-refractivity contribution in [1.29, 1.82) is 0 Å². The van der Waals surface area contributed by atoms with E-state index in [2.05, 4.69) is 29.7 Å². The molecule has 0 aliphatic carbocycles. The minimum atomic E-state index is -0.203. The Morgan fingerprint density at radius 1 is 1.13 bits per heavy atom. The molecule has 0 saturated carbocycles. The zero-order valence-corrected chi connectivity index (χ0v) is 14.4. The van der Waals surface area contributed by atoms with Gasteiger partial charge in [-0.1, -0.05) is 43.2 Å². The highest BCUT2D eigenvalue weighted by Gasteiger charge is 2.08. The molecule has 0 fully saturated rings. The summed E-state index contributed by atoms with van der Waals surface area (Å²) in [4.78, 5) is 12.1. The first-order valence-corrected chi connectivity index (χ1v) is 8.27. The average Bonchev–Trinajstić information content (AvgIpc) is 2.54. The molecule has 120 valence electrons. The maximum Gasteiger partial charge on any atom is 0.257 e. The third kappa shape index (κ3) is 5.49. The zero-order valence-electron chi connectivity index (χ0n) is 13.6. The largest absolute Gasteiger partial charge is 0.332 e. The molecule has 0 aliphatic heterocycles. The minimum absolute atomic E-state index is 0.203. The van der Waals surface area contributed by atoms with Crippen LogP contribution in [-0.2, 0) is 6.42 Å². The summed E-state index contributed by atoms with van der Waals surface area (Å²) in [5.41, 5.74) is 3.83. The Labute approximate surface area is 143 Å². The second kappa shape index (κ2) is 8.44.